The lowest BCUT2D eigenvalue weighted by Crippen LogP contribution is -2.03. The van der Waals surface area contributed by atoms with Crippen LogP contribution in [-0.4, -0.2) is 15.8 Å². The second kappa shape index (κ2) is 5.42. The maximum Gasteiger partial charge on any atom is 0.168 e. The van der Waals surface area contributed by atoms with Gasteiger partial charge < -0.3 is 0 Å². The number of thiazole rings is 2. The molecule has 0 atom stereocenters. The van der Waals surface area contributed by atoms with Crippen molar-refractivity contribution in [2.75, 3.05) is 0 Å². The standard InChI is InChI=1S/C14H10N2OS2/c17-12(10-4-2-1-3-5-10)6-11-8-18-14(16-11)13-7-15-9-19-13/h1-5,7-9H,6H2. The fourth-order valence-corrected chi connectivity index (χ4v) is 3.23. The summed E-state index contributed by atoms with van der Waals surface area (Å²) >= 11 is 3.11. The number of benzene rings is 1. The molecule has 0 radical (unpaired) electrons. The lowest BCUT2D eigenvalue weighted by Gasteiger charge is -1.97. The summed E-state index contributed by atoms with van der Waals surface area (Å²) in [5, 5.41) is 2.87. The van der Waals surface area contributed by atoms with Gasteiger partial charge in [-0.1, -0.05) is 30.3 Å². The number of ketones is 1. The summed E-state index contributed by atoms with van der Waals surface area (Å²) in [4.78, 5) is 21.6. The number of carbonyl (C=O) groups excluding carboxylic acids is 1. The molecule has 94 valence electrons. The van der Waals surface area contributed by atoms with E-state index in [1.807, 2.05) is 35.7 Å². The van der Waals surface area contributed by atoms with Crippen LogP contribution in [0.2, 0.25) is 0 Å². The van der Waals surface area contributed by atoms with Crippen LogP contribution < -0.4 is 0 Å². The van der Waals surface area contributed by atoms with E-state index in [1.54, 1.807) is 34.4 Å². The lowest BCUT2D eigenvalue weighted by atomic mass is 10.1. The molecule has 2 heterocycles. The van der Waals surface area contributed by atoms with Crippen LogP contribution in [0.5, 0.6) is 0 Å². The van der Waals surface area contributed by atoms with Gasteiger partial charge in [-0.2, -0.15) is 0 Å². The summed E-state index contributed by atoms with van der Waals surface area (Å²) in [6, 6.07) is 9.31. The van der Waals surface area contributed by atoms with Crippen molar-refractivity contribution in [1.82, 2.24) is 9.97 Å². The number of hydrogen-bond acceptors (Lipinski definition) is 5. The van der Waals surface area contributed by atoms with E-state index in [0.717, 1.165) is 21.1 Å². The lowest BCUT2D eigenvalue weighted by molar-refractivity contribution is 0.0992. The van der Waals surface area contributed by atoms with Gasteiger partial charge in [0.15, 0.2) is 5.78 Å². The van der Waals surface area contributed by atoms with Gasteiger partial charge in [-0.3, -0.25) is 9.78 Å². The highest BCUT2D eigenvalue weighted by Crippen LogP contribution is 2.27. The first kappa shape index (κ1) is 12.2. The van der Waals surface area contributed by atoms with E-state index >= 15 is 0 Å². The van der Waals surface area contributed by atoms with Gasteiger partial charge in [-0.15, -0.1) is 22.7 Å². The molecule has 0 spiro atoms. The molecule has 1 aromatic carbocycles. The minimum absolute atomic E-state index is 0.0988. The number of carbonyl (C=O) groups is 1. The molecule has 0 aliphatic heterocycles. The van der Waals surface area contributed by atoms with Gasteiger partial charge in [0.05, 0.1) is 22.5 Å². The topological polar surface area (TPSA) is 42.9 Å². The summed E-state index contributed by atoms with van der Waals surface area (Å²) in [5.41, 5.74) is 3.34. The van der Waals surface area contributed by atoms with Crippen molar-refractivity contribution in [3.8, 4) is 9.88 Å². The Morgan fingerprint density at radius 1 is 1.16 bits per heavy atom. The average Bonchev–Trinajstić information content (AvgIpc) is 3.10. The molecule has 0 amide bonds. The largest absolute Gasteiger partial charge is 0.294 e. The maximum atomic E-state index is 12.1. The van der Waals surface area contributed by atoms with E-state index in [2.05, 4.69) is 9.97 Å². The molecule has 0 unspecified atom stereocenters. The van der Waals surface area contributed by atoms with E-state index in [-0.39, 0.29) is 5.78 Å². The Hall–Kier alpha value is -1.85. The zero-order chi connectivity index (χ0) is 13.1. The van der Waals surface area contributed by atoms with E-state index in [4.69, 9.17) is 0 Å². The summed E-state index contributed by atoms with van der Waals surface area (Å²) in [5.74, 6) is 0.0988. The van der Waals surface area contributed by atoms with Gasteiger partial charge in [0.2, 0.25) is 0 Å². The molecule has 0 fully saturated rings. The zero-order valence-electron chi connectivity index (χ0n) is 9.95. The first-order valence-corrected chi connectivity index (χ1v) is 7.50. The van der Waals surface area contributed by atoms with Crippen LogP contribution >= 0.6 is 22.7 Å². The molecule has 19 heavy (non-hydrogen) atoms. The minimum Gasteiger partial charge on any atom is -0.294 e. The van der Waals surface area contributed by atoms with Gasteiger partial charge in [0.1, 0.15) is 5.01 Å². The van der Waals surface area contributed by atoms with Crippen molar-refractivity contribution in [3.05, 3.63) is 58.7 Å². The molecule has 3 rings (SSSR count). The first-order chi connectivity index (χ1) is 9.33. The van der Waals surface area contributed by atoms with Crippen molar-refractivity contribution in [3.63, 3.8) is 0 Å². The van der Waals surface area contributed by atoms with Crippen LogP contribution in [0.15, 0.2) is 47.4 Å². The predicted octanol–water partition coefficient (Wildman–Crippen LogP) is 3.69. The van der Waals surface area contributed by atoms with E-state index in [9.17, 15) is 4.79 Å². The molecule has 5 heteroatoms. The Kier molecular flexibility index (Phi) is 3.48. The molecule has 0 bridgehead atoms. The molecule has 0 N–H and O–H groups in total. The molecule has 0 aliphatic rings. The fourth-order valence-electron chi connectivity index (χ4n) is 1.71. The molecular formula is C14H10N2OS2. The third-order valence-corrected chi connectivity index (χ3v) is 4.47. The van der Waals surface area contributed by atoms with Crippen LogP contribution in [0.3, 0.4) is 0 Å². The highest BCUT2D eigenvalue weighted by atomic mass is 32.1. The Morgan fingerprint density at radius 3 is 2.74 bits per heavy atom. The third kappa shape index (κ3) is 2.77. The first-order valence-electron chi connectivity index (χ1n) is 5.74. The van der Waals surface area contributed by atoms with Crippen LogP contribution in [0.4, 0.5) is 0 Å². The number of hydrogen-bond donors (Lipinski definition) is 0. The summed E-state index contributed by atoms with van der Waals surface area (Å²) in [6.45, 7) is 0. The summed E-state index contributed by atoms with van der Waals surface area (Å²) < 4.78 is 0. The van der Waals surface area contributed by atoms with Crippen LogP contribution in [0.1, 0.15) is 16.1 Å². The van der Waals surface area contributed by atoms with E-state index in [1.165, 1.54) is 0 Å². The number of aromatic nitrogens is 2. The quantitative estimate of drug-likeness (QED) is 0.687. The Morgan fingerprint density at radius 2 is 2.00 bits per heavy atom. The van der Waals surface area contributed by atoms with Gasteiger partial charge in [-0.05, 0) is 0 Å². The van der Waals surface area contributed by atoms with Crippen LogP contribution in [-0.2, 0) is 6.42 Å². The second-order valence-corrected chi connectivity index (χ2v) is 5.72. The molecule has 0 aliphatic carbocycles. The van der Waals surface area contributed by atoms with Gasteiger partial charge in [0, 0.05) is 17.1 Å². The predicted molar refractivity (Wildman–Crippen MR) is 77.7 cm³/mol. The van der Waals surface area contributed by atoms with Crippen LogP contribution in [0, 0.1) is 0 Å². The van der Waals surface area contributed by atoms with Crippen molar-refractivity contribution in [2.24, 2.45) is 0 Å². The number of rotatable bonds is 4. The molecule has 3 aromatic rings. The van der Waals surface area contributed by atoms with E-state index < -0.39 is 0 Å². The molecule has 0 saturated heterocycles. The van der Waals surface area contributed by atoms with Crippen molar-refractivity contribution in [1.29, 1.82) is 0 Å². The molecule has 3 nitrogen and oxygen atoms in total. The van der Waals surface area contributed by atoms with Crippen molar-refractivity contribution < 1.29 is 4.79 Å². The molecular weight excluding hydrogens is 276 g/mol. The monoisotopic (exact) mass is 286 g/mol. The summed E-state index contributed by atoms with van der Waals surface area (Å²) in [6.07, 6.45) is 2.14. The Bertz CT molecular complexity index is 675. The number of Topliss-reactive ketones (excluding diaryl/α,β-unsaturated/α-hetero) is 1. The van der Waals surface area contributed by atoms with Crippen molar-refractivity contribution in [2.45, 2.75) is 6.42 Å². The third-order valence-electron chi connectivity index (χ3n) is 2.63. The number of nitrogens with zero attached hydrogens (tertiary/aromatic N) is 2. The average molecular weight is 286 g/mol. The SMILES string of the molecule is O=C(Cc1csc(-c2cncs2)n1)c1ccccc1. The van der Waals surface area contributed by atoms with Gasteiger partial charge >= 0.3 is 0 Å². The Balaban J connectivity index is 1.76. The highest BCUT2D eigenvalue weighted by Gasteiger charge is 2.11. The Labute approximate surface area is 118 Å². The van der Waals surface area contributed by atoms with Crippen LogP contribution in [0.25, 0.3) is 9.88 Å². The minimum atomic E-state index is 0.0988. The fraction of sp³-hybridized carbons (Fsp3) is 0.0714. The van der Waals surface area contributed by atoms with Gasteiger partial charge in [0.25, 0.3) is 0 Å². The molecule has 2 aromatic heterocycles. The zero-order valence-corrected chi connectivity index (χ0v) is 11.6. The summed E-state index contributed by atoms with van der Waals surface area (Å²) in [7, 11) is 0. The van der Waals surface area contributed by atoms with E-state index in [0.29, 0.717) is 6.42 Å². The highest BCUT2D eigenvalue weighted by molar-refractivity contribution is 7.19. The van der Waals surface area contributed by atoms with Crippen molar-refractivity contribution >= 4 is 28.5 Å². The maximum absolute atomic E-state index is 12.1. The molecule has 0 saturated carbocycles. The second-order valence-electron chi connectivity index (χ2n) is 3.98. The smallest absolute Gasteiger partial charge is 0.168 e. The normalized spacial score (nSPS) is 10.5. The van der Waals surface area contributed by atoms with Gasteiger partial charge in [-0.25, -0.2) is 4.98 Å².